The van der Waals surface area contributed by atoms with Crippen molar-refractivity contribution in [3.05, 3.63) is 47.5 Å². The van der Waals surface area contributed by atoms with Gasteiger partial charge in [0.15, 0.2) is 0 Å². The lowest BCUT2D eigenvalue weighted by atomic mass is 9.89. The van der Waals surface area contributed by atoms with Gasteiger partial charge in [-0.2, -0.15) is 8.78 Å². The third-order valence-electron chi connectivity index (χ3n) is 4.89. The standard InChI is InChI=1S/C20H24F2N2O4S/c1-13-3-5-19(28-20(21)22)17(11-13)24-29(25,26)15-4-6-18(27-2)16(12-15)14-7-9-23-10-8-14/h3-6,11-12,14,20,23-24H,7-10H2,1-2H3. The first-order chi connectivity index (χ1) is 13.8. The van der Waals surface area contributed by atoms with Gasteiger partial charge >= 0.3 is 6.61 Å². The summed E-state index contributed by atoms with van der Waals surface area (Å²) in [6, 6.07) is 8.99. The number of sulfonamides is 1. The lowest BCUT2D eigenvalue weighted by molar-refractivity contribution is -0.0493. The number of piperidine rings is 1. The summed E-state index contributed by atoms with van der Waals surface area (Å²) in [6.07, 6.45) is 1.75. The molecule has 0 saturated carbocycles. The van der Waals surface area contributed by atoms with Crippen LogP contribution in [-0.2, 0) is 10.0 Å². The SMILES string of the molecule is COc1ccc(S(=O)(=O)Nc2cc(C)ccc2OC(F)F)cc1C1CCNCC1. The van der Waals surface area contributed by atoms with Gasteiger partial charge in [-0.3, -0.25) is 4.72 Å². The van der Waals surface area contributed by atoms with Gasteiger partial charge in [0, 0.05) is 0 Å². The molecule has 1 aliphatic heterocycles. The van der Waals surface area contributed by atoms with Crippen molar-refractivity contribution in [2.24, 2.45) is 0 Å². The van der Waals surface area contributed by atoms with Crippen molar-refractivity contribution in [3.8, 4) is 11.5 Å². The molecule has 1 saturated heterocycles. The van der Waals surface area contributed by atoms with Crippen LogP contribution in [0.1, 0.15) is 29.9 Å². The number of aryl methyl sites for hydroxylation is 1. The van der Waals surface area contributed by atoms with Gasteiger partial charge in [0.2, 0.25) is 0 Å². The van der Waals surface area contributed by atoms with Crippen LogP contribution >= 0.6 is 0 Å². The van der Waals surface area contributed by atoms with Gasteiger partial charge in [0.1, 0.15) is 11.5 Å². The van der Waals surface area contributed by atoms with Gasteiger partial charge in [-0.1, -0.05) is 6.07 Å². The number of nitrogens with one attached hydrogen (secondary N) is 2. The molecule has 158 valence electrons. The van der Waals surface area contributed by atoms with Crippen molar-refractivity contribution in [1.82, 2.24) is 5.32 Å². The number of hydrogen-bond donors (Lipinski definition) is 2. The van der Waals surface area contributed by atoms with Crippen molar-refractivity contribution in [1.29, 1.82) is 0 Å². The number of benzene rings is 2. The summed E-state index contributed by atoms with van der Waals surface area (Å²) >= 11 is 0. The molecule has 9 heteroatoms. The molecule has 1 fully saturated rings. The van der Waals surface area contributed by atoms with Crippen LogP contribution < -0.4 is 19.5 Å². The fourth-order valence-corrected chi connectivity index (χ4v) is 4.55. The Labute approximate surface area is 169 Å². The van der Waals surface area contributed by atoms with Crippen molar-refractivity contribution in [3.63, 3.8) is 0 Å². The normalized spacial score (nSPS) is 15.3. The highest BCUT2D eigenvalue weighted by Crippen LogP contribution is 2.35. The second-order valence-corrected chi connectivity index (χ2v) is 8.59. The fourth-order valence-electron chi connectivity index (χ4n) is 3.46. The highest BCUT2D eigenvalue weighted by atomic mass is 32.2. The maximum absolute atomic E-state index is 13.0. The largest absolute Gasteiger partial charge is 0.496 e. The van der Waals surface area contributed by atoms with Crippen LogP contribution in [0, 0.1) is 6.92 Å². The van der Waals surface area contributed by atoms with Gasteiger partial charge in [-0.05, 0) is 80.2 Å². The number of methoxy groups -OCH3 is 1. The Morgan fingerprint density at radius 3 is 2.45 bits per heavy atom. The molecule has 0 aliphatic carbocycles. The summed E-state index contributed by atoms with van der Waals surface area (Å²) in [5, 5.41) is 3.28. The predicted molar refractivity (Wildman–Crippen MR) is 106 cm³/mol. The Hall–Kier alpha value is -2.39. The van der Waals surface area contributed by atoms with E-state index in [1.54, 1.807) is 32.2 Å². The van der Waals surface area contributed by atoms with E-state index in [1.807, 2.05) is 0 Å². The lowest BCUT2D eigenvalue weighted by Crippen LogP contribution is -2.27. The topological polar surface area (TPSA) is 76.7 Å². The van der Waals surface area contributed by atoms with E-state index in [0.29, 0.717) is 11.3 Å². The van der Waals surface area contributed by atoms with E-state index >= 15 is 0 Å². The number of rotatable bonds is 7. The number of alkyl halides is 2. The minimum atomic E-state index is -4.02. The Bertz CT molecular complexity index is 961. The highest BCUT2D eigenvalue weighted by Gasteiger charge is 2.24. The molecule has 2 aromatic carbocycles. The van der Waals surface area contributed by atoms with E-state index in [1.165, 1.54) is 18.2 Å². The lowest BCUT2D eigenvalue weighted by Gasteiger charge is -2.25. The summed E-state index contributed by atoms with van der Waals surface area (Å²) in [4.78, 5) is 0.0383. The van der Waals surface area contributed by atoms with Crippen LogP contribution in [0.5, 0.6) is 11.5 Å². The molecule has 3 rings (SSSR count). The number of anilines is 1. The van der Waals surface area contributed by atoms with Gasteiger partial charge in [0.05, 0.1) is 17.7 Å². The zero-order chi connectivity index (χ0) is 21.0. The first-order valence-corrected chi connectivity index (χ1v) is 10.8. The third kappa shape index (κ3) is 5.16. The average molecular weight is 426 g/mol. The van der Waals surface area contributed by atoms with Crippen molar-refractivity contribution < 1.29 is 26.7 Å². The summed E-state index contributed by atoms with van der Waals surface area (Å²) in [6.45, 7) is 0.363. The Balaban J connectivity index is 1.95. The molecule has 29 heavy (non-hydrogen) atoms. The van der Waals surface area contributed by atoms with Gasteiger partial charge in [-0.15, -0.1) is 0 Å². The zero-order valence-corrected chi connectivity index (χ0v) is 17.1. The van der Waals surface area contributed by atoms with Crippen LogP contribution in [0.15, 0.2) is 41.3 Å². The van der Waals surface area contributed by atoms with E-state index in [2.05, 4.69) is 14.8 Å². The van der Waals surface area contributed by atoms with Gasteiger partial charge in [0.25, 0.3) is 10.0 Å². The van der Waals surface area contributed by atoms with E-state index in [-0.39, 0.29) is 22.3 Å². The highest BCUT2D eigenvalue weighted by molar-refractivity contribution is 7.92. The first kappa shape index (κ1) is 21.3. The molecule has 0 unspecified atom stereocenters. The first-order valence-electron chi connectivity index (χ1n) is 9.27. The summed E-state index contributed by atoms with van der Waals surface area (Å²) < 4.78 is 63.6. The van der Waals surface area contributed by atoms with Crippen molar-refractivity contribution >= 4 is 15.7 Å². The molecule has 0 amide bonds. The Morgan fingerprint density at radius 2 is 1.79 bits per heavy atom. The zero-order valence-electron chi connectivity index (χ0n) is 16.2. The molecule has 2 aromatic rings. The molecule has 1 heterocycles. The number of ether oxygens (including phenoxy) is 2. The van der Waals surface area contributed by atoms with Crippen LogP contribution in [0.4, 0.5) is 14.5 Å². The molecule has 2 N–H and O–H groups in total. The quantitative estimate of drug-likeness (QED) is 0.703. The molecule has 0 atom stereocenters. The molecule has 0 radical (unpaired) electrons. The minimum absolute atomic E-state index is 0.0375. The van der Waals surface area contributed by atoms with Gasteiger partial charge in [-0.25, -0.2) is 8.42 Å². The summed E-state index contributed by atoms with van der Waals surface area (Å²) in [7, 11) is -2.47. The second kappa shape index (κ2) is 8.96. The molecule has 1 aliphatic rings. The van der Waals surface area contributed by atoms with Crippen LogP contribution in [0.25, 0.3) is 0 Å². The van der Waals surface area contributed by atoms with E-state index in [4.69, 9.17) is 4.74 Å². The van der Waals surface area contributed by atoms with E-state index < -0.39 is 16.6 Å². The summed E-state index contributed by atoms with van der Waals surface area (Å²) in [5.41, 5.74) is 1.49. The number of halogens is 2. The molecule has 6 nitrogen and oxygen atoms in total. The van der Waals surface area contributed by atoms with Crippen LogP contribution in [0.2, 0.25) is 0 Å². The molecule has 0 bridgehead atoms. The van der Waals surface area contributed by atoms with E-state index in [0.717, 1.165) is 31.5 Å². The molecular formula is C20H24F2N2O4S. The van der Waals surface area contributed by atoms with Crippen molar-refractivity contribution in [2.75, 3.05) is 24.9 Å². The molecule has 0 spiro atoms. The van der Waals surface area contributed by atoms with E-state index in [9.17, 15) is 17.2 Å². The second-order valence-electron chi connectivity index (χ2n) is 6.91. The van der Waals surface area contributed by atoms with Crippen molar-refractivity contribution in [2.45, 2.75) is 37.2 Å². The number of hydrogen-bond acceptors (Lipinski definition) is 5. The third-order valence-corrected chi connectivity index (χ3v) is 6.25. The van der Waals surface area contributed by atoms with Crippen LogP contribution in [0.3, 0.4) is 0 Å². The predicted octanol–water partition coefficient (Wildman–Crippen LogP) is 3.87. The fraction of sp³-hybridized carbons (Fsp3) is 0.400. The smallest absolute Gasteiger partial charge is 0.387 e. The van der Waals surface area contributed by atoms with Gasteiger partial charge < -0.3 is 14.8 Å². The monoisotopic (exact) mass is 426 g/mol. The molecule has 0 aromatic heterocycles. The average Bonchev–Trinajstić information content (AvgIpc) is 2.69. The molecular weight excluding hydrogens is 402 g/mol. The Kier molecular flexibility index (Phi) is 6.59. The Morgan fingerprint density at radius 1 is 1.10 bits per heavy atom. The maximum Gasteiger partial charge on any atom is 0.387 e. The maximum atomic E-state index is 13.0. The summed E-state index contributed by atoms with van der Waals surface area (Å²) in [5.74, 6) is 0.576. The van der Waals surface area contributed by atoms with Crippen LogP contribution in [-0.4, -0.2) is 35.2 Å². The minimum Gasteiger partial charge on any atom is -0.496 e.